The molecule has 2 aromatic carbocycles. The third-order valence-electron chi connectivity index (χ3n) is 2.76. The van der Waals surface area contributed by atoms with Crippen LogP contribution in [0.15, 0.2) is 54.6 Å². The highest BCUT2D eigenvalue weighted by Gasteiger charge is 2.29. The lowest BCUT2D eigenvalue weighted by molar-refractivity contribution is 0.418. The minimum absolute atomic E-state index is 0.680. The summed E-state index contributed by atoms with van der Waals surface area (Å²) in [6, 6.07) is 17.1. The van der Waals surface area contributed by atoms with Crippen LogP contribution in [0.3, 0.4) is 0 Å². The fourth-order valence-corrected chi connectivity index (χ4v) is 5.87. The number of rotatable bonds is 4. The van der Waals surface area contributed by atoms with Crippen molar-refractivity contribution in [2.24, 2.45) is 0 Å². The molecule has 0 spiro atoms. The summed E-state index contributed by atoms with van der Waals surface area (Å²) in [6.07, 6.45) is -0.792. The summed E-state index contributed by atoms with van der Waals surface area (Å²) in [7, 11) is 1.61. The molecule has 1 atom stereocenters. The molecule has 0 N–H and O–H groups in total. The van der Waals surface area contributed by atoms with Gasteiger partial charge in [-0.05, 0) is 18.4 Å². The summed E-state index contributed by atoms with van der Waals surface area (Å²) in [5, 5.41) is 1.62. The van der Waals surface area contributed by atoms with Gasteiger partial charge in [0.15, 0.2) is 6.34 Å². The second-order valence-corrected chi connectivity index (χ2v) is 8.85. The molecule has 18 heavy (non-hydrogen) atoms. The Bertz CT molecular complexity index is 569. The standard InChI is InChI=1S/C14H15O2PS/c1-16-13-10-6-7-11-14(13)17(15,18-2)12-8-4-3-5-9-12/h3-11H,1-2H3/t17-/m1/s1. The summed E-state index contributed by atoms with van der Waals surface area (Å²) < 4.78 is 18.6. The first-order valence-corrected chi connectivity index (χ1v) is 9.11. The van der Waals surface area contributed by atoms with Crippen molar-refractivity contribution in [1.82, 2.24) is 0 Å². The zero-order valence-electron chi connectivity index (χ0n) is 10.4. The van der Waals surface area contributed by atoms with E-state index in [2.05, 4.69) is 0 Å². The van der Waals surface area contributed by atoms with E-state index in [0.29, 0.717) is 5.75 Å². The van der Waals surface area contributed by atoms with Crippen LogP contribution in [-0.4, -0.2) is 13.4 Å². The number of methoxy groups -OCH3 is 1. The SMILES string of the molecule is COc1ccccc1[P@](=O)(SC)c1ccccc1. The number of ether oxygens (including phenoxy) is 1. The van der Waals surface area contributed by atoms with Gasteiger partial charge in [-0.3, -0.25) is 0 Å². The van der Waals surface area contributed by atoms with Crippen LogP contribution < -0.4 is 15.3 Å². The van der Waals surface area contributed by atoms with Gasteiger partial charge in [0, 0.05) is 5.30 Å². The zero-order valence-corrected chi connectivity index (χ0v) is 12.1. The smallest absolute Gasteiger partial charge is 0.198 e. The molecule has 0 aromatic heterocycles. The van der Waals surface area contributed by atoms with E-state index in [4.69, 9.17) is 4.74 Å². The van der Waals surface area contributed by atoms with Gasteiger partial charge < -0.3 is 9.30 Å². The first kappa shape index (κ1) is 13.3. The molecule has 94 valence electrons. The van der Waals surface area contributed by atoms with Gasteiger partial charge in [-0.2, -0.15) is 0 Å². The Morgan fingerprint density at radius 1 is 1.00 bits per heavy atom. The summed E-state index contributed by atoms with van der Waals surface area (Å²) in [5.74, 6) is 0.680. The Morgan fingerprint density at radius 2 is 1.61 bits per heavy atom. The van der Waals surface area contributed by atoms with Crippen molar-refractivity contribution >= 4 is 28.3 Å². The highest BCUT2D eigenvalue weighted by molar-refractivity contribution is 8.62. The lowest BCUT2D eigenvalue weighted by Gasteiger charge is -2.18. The summed E-state index contributed by atoms with van der Waals surface area (Å²) in [4.78, 5) is 0. The van der Waals surface area contributed by atoms with Gasteiger partial charge in [0.05, 0.1) is 12.4 Å². The molecule has 4 heteroatoms. The molecule has 2 nitrogen and oxygen atoms in total. The van der Waals surface area contributed by atoms with Crippen molar-refractivity contribution in [2.45, 2.75) is 0 Å². The Hall–Kier alpha value is -1.18. The lowest BCUT2D eigenvalue weighted by atomic mass is 10.3. The second kappa shape index (κ2) is 5.64. The molecule has 0 heterocycles. The van der Waals surface area contributed by atoms with Crippen LogP contribution in [0.4, 0.5) is 0 Å². The van der Waals surface area contributed by atoms with Crippen LogP contribution in [0.25, 0.3) is 0 Å². The van der Waals surface area contributed by atoms with Gasteiger partial charge in [0.2, 0.25) is 0 Å². The third kappa shape index (κ3) is 2.33. The predicted molar refractivity (Wildman–Crippen MR) is 79.8 cm³/mol. The van der Waals surface area contributed by atoms with Crippen molar-refractivity contribution < 1.29 is 9.30 Å². The molecule has 0 aliphatic rings. The number of hydrogen-bond acceptors (Lipinski definition) is 3. The molecule has 0 amide bonds. The van der Waals surface area contributed by atoms with E-state index >= 15 is 0 Å². The molecule has 0 bridgehead atoms. The molecule has 0 unspecified atom stereocenters. The first-order valence-electron chi connectivity index (χ1n) is 5.57. The van der Waals surface area contributed by atoms with Crippen LogP contribution in [0.5, 0.6) is 5.75 Å². The minimum atomic E-state index is -2.67. The van der Waals surface area contributed by atoms with E-state index in [1.165, 1.54) is 11.4 Å². The Balaban J connectivity index is 2.61. The largest absolute Gasteiger partial charge is 0.496 e. The van der Waals surface area contributed by atoms with Crippen LogP contribution >= 0.6 is 17.7 Å². The highest BCUT2D eigenvalue weighted by atomic mass is 32.7. The third-order valence-corrected chi connectivity index (χ3v) is 8.02. The van der Waals surface area contributed by atoms with Gasteiger partial charge in [-0.25, -0.2) is 0 Å². The Morgan fingerprint density at radius 3 is 2.22 bits per heavy atom. The Kier molecular flexibility index (Phi) is 4.15. The monoisotopic (exact) mass is 278 g/mol. The average molecular weight is 278 g/mol. The van der Waals surface area contributed by atoms with Gasteiger partial charge in [-0.1, -0.05) is 53.8 Å². The van der Waals surface area contributed by atoms with E-state index in [1.807, 2.05) is 60.9 Å². The van der Waals surface area contributed by atoms with Crippen molar-refractivity contribution in [1.29, 1.82) is 0 Å². The molecule has 2 aromatic rings. The highest BCUT2D eigenvalue weighted by Crippen LogP contribution is 2.56. The van der Waals surface area contributed by atoms with E-state index in [-0.39, 0.29) is 0 Å². The van der Waals surface area contributed by atoms with E-state index in [9.17, 15) is 4.57 Å². The fourth-order valence-electron chi connectivity index (χ4n) is 1.84. The summed E-state index contributed by atoms with van der Waals surface area (Å²) >= 11 is 1.38. The van der Waals surface area contributed by atoms with Crippen LogP contribution in [-0.2, 0) is 4.57 Å². The molecule has 2 rings (SSSR count). The maximum Gasteiger partial charge on any atom is 0.198 e. The Labute approximate surface area is 111 Å². The normalized spacial score (nSPS) is 13.9. The molecule has 0 fully saturated rings. The summed E-state index contributed by atoms with van der Waals surface area (Å²) in [5.41, 5.74) is 0. The van der Waals surface area contributed by atoms with Crippen molar-refractivity contribution in [3.63, 3.8) is 0 Å². The van der Waals surface area contributed by atoms with Crippen LogP contribution in [0.2, 0.25) is 0 Å². The fraction of sp³-hybridized carbons (Fsp3) is 0.143. The van der Waals surface area contributed by atoms with Gasteiger partial charge >= 0.3 is 0 Å². The van der Waals surface area contributed by atoms with Gasteiger partial charge in [0.1, 0.15) is 5.75 Å². The zero-order chi connectivity index (χ0) is 13.0. The number of hydrogen-bond donors (Lipinski definition) is 0. The number of para-hydroxylation sites is 1. The van der Waals surface area contributed by atoms with Gasteiger partial charge in [-0.15, -0.1) is 0 Å². The van der Waals surface area contributed by atoms with E-state index < -0.39 is 6.34 Å². The lowest BCUT2D eigenvalue weighted by Crippen LogP contribution is -2.15. The summed E-state index contributed by atoms with van der Waals surface area (Å²) in [6.45, 7) is 0. The topological polar surface area (TPSA) is 26.3 Å². The molecule has 0 saturated heterocycles. The average Bonchev–Trinajstić information content (AvgIpc) is 2.47. The van der Waals surface area contributed by atoms with Crippen molar-refractivity contribution in [3.05, 3.63) is 54.6 Å². The first-order chi connectivity index (χ1) is 8.72. The van der Waals surface area contributed by atoms with Crippen molar-refractivity contribution in [3.8, 4) is 5.75 Å². The van der Waals surface area contributed by atoms with E-state index in [1.54, 1.807) is 7.11 Å². The van der Waals surface area contributed by atoms with Crippen LogP contribution in [0.1, 0.15) is 0 Å². The second-order valence-electron chi connectivity index (χ2n) is 3.74. The molecule has 0 saturated carbocycles. The van der Waals surface area contributed by atoms with Crippen LogP contribution in [0, 0.1) is 0 Å². The maximum absolute atomic E-state index is 13.2. The minimum Gasteiger partial charge on any atom is -0.496 e. The molecule has 0 aliphatic heterocycles. The molecule has 0 aliphatic carbocycles. The van der Waals surface area contributed by atoms with E-state index in [0.717, 1.165) is 10.6 Å². The number of benzene rings is 2. The molecular weight excluding hydrogens is 263 g/mol. The maximum atomic E-state index is 13.2. The predicted octanol–water partition coefficient (Wildman–Crippen LogP) is 3.29. The van der Waals surface area contributed by atoms with Gasteiger partial charge in [0.25, 0.3) is 0 Å². The molecule has 0 radical (unpaired) electrons. The van der Waals surface area contributed by atoms with Crippen molar-refractivity contribution in [2.75, 3.05) is 13.4 Å². The molecular formula is C14H15O2PS. The quantitative estimate of drug-likeness (QED) is 0.803.